The van der Waals surface area contributed by atoms with E-state index in [-0.39, 0.29) is 17.5 Å². The van der Waals surface area contributed by atoms with Gasteiger partial charge in [-0.25, -0.2) is 0 Å². The van der Waals surface area contributed by atoms with E-state index in [4.69, 9.17) is 17.3 Å². The molecule has 0 aliphatic heterocycles. The molecule has 0 radical (unpaired) electrons. The third kappa shape index (κ3) is 6.45. The summed E-state index contributed by atoms with van der Waals surface area (Å²) in [6, 6.07) is 7.26. The number of anilines is 1. The Kier molecular flexibility index (Phi) is 5.63. The minimum absolute atomic E-state index is 0.0162. The Morgan fingerprint density at radius 2 is 2.11 bits per heavy atom. The molecule has 4 nitrogen and oxygen atoms in total. The first-order valence-electron chi connectivity index (χ1n) is 6.33. The van der Waals surface area contributed by atoms with Crippen molar-refractivity contribution >= 4 is 23.2 Å². The van der Waals surface area contributed by atoms with Gasteiger partial charge in [0, 0.05) is 35.3 Å². The van der Waals surface area contributed by atoms with Crippen LogP contribution in [0.25, 0.3) is 0 Å². The summed E-state index contributed by atoms with van der Waals surface area (Å²) in [4.78, 5) is 11.9. The van der Waals surface area contributed by atoms with Gasteiger partial charge in [0.2, 0.25) is 5.91 Å². The number of carbonyl (C=O) groups excluding carboxylic acids is 1. The Bertz CT molecular complexity index is 429. The minimum Gasteiger partial charge on any atom is -0.380 e. The highest BCUT2D eigenvalue weighted by molar-refractivity contribution is 6.30. The maximum atomic E-state index is 11.9. The standard InChI is InChI=1S/C14H22ClN3O/c1-14(2,3)18-13(19)8-12(9-16)17-11-6-4-5-10(15)7-11/h4-7,12,17H,8-9,16H2,1-3H3,(H,18,19). The molecule has 1 rings (SSSR count). The van der Waals surface area contributed by atoms with Crippen molar-refractivity contribution in [2.24, 2.45) is 5.73 Å². The summed E-state index contributed by atoms with van der Waals surface area (Å²) in [5, 5.41) is 6.79. The summed E-state index contributed by atoms with van der Waals surface area (Å²) in [6.45, 7) is 6.23. The van der Waals surface area contributed by atoms with Crippen LogP contribution in [-0.4, -0.2) is 24.0 Å². The second-order valence-corrected chi connectivity index (χ2v) is 6.03. The molecule has 0 spiro atoms. The Hall–Kier alpha value is -1.26. The van der Waals surface area contributed by atoms with Crippen LogP contribution in [0.5, 0.6) is 0 Å². The zero-order valence-electron chi connectivity index (χ0n) is 11.7. The Labute approximate surface area is 119 Å². The molecule has 0 aliphatic rings. The molecule has 0 fully saturated rings. The van der Waals surface area contributed by atoms with Crippen LogP contribution >= 0.6 is 11.6 Å². The molecule has 1 amide bonds. The summed E-state index contributed by atoms with van der Waals surface area (Å²) in [6.07, 6.45) is 0.334. The molecule has 19 heavy (non-hydrogen) atoms. The van der Waals surface area contributed by atoms with Crippen molar-refractivity contribution in [3.63, 3.8) is 0 Å². The summed E-state index contributed by atoms with van der Waals surface area (Å²) in [7, 11) is 0. The number of hydrogen-bond donors (Lipinski definition) is 3. The molecule has 106 valence electrons. The van der Waals surface area contributed by atoms with Crippen molar-refractivity contribution in [1.82, 2.24) is 5.32 Å². The fraction of sp³-hybridized carbons (Fsp3) is 0.500. The monoisotopic (exact) mass is 283 g/mol. The average molecular weight is 284 g/mol. The molecule has 1 unspecified atom stereocenters. The van der Waals surface area contributed by atoms with E-state index in [1.54, 1.807) is 6.07 Å². The number of halogens is 1. The van der Waals surface area contributed by atoms with E-state index in [1.165, 1.54) is 0 Å². The lowest BCUT2D eigenvalue weighted by atomic mass is 10.1. The van der Waals surface area contributed by atoms with Gasteiger partial charge in [0.25, 0.3) is 0 Å². The van der Waals surface area contributed by atoms with Gasteiger partial charge >= 0.3 is 0 Å². The van der Waals surface area contributed by atoms with E-state index in [0.717, 1.165) is 5.69 Å². The minimum atomic E-state index is -0.230. The molecule has 0 bridgehead atoms. The lowest BCUT2D eigenvalue weighted by Gasteiger charge is -2.23. The van der Waals surface area contributed by atoms with E-state index in [9.17, 15) is 4.79 Å². The largest absolute Gasteiger partial charge is 0.380 e. The predicted octanol–water partition coefficient (Wildman–Crippen LogP) is 2.38. The van der Waals surface area contributed by atoms with Crippen molar-refractivity contribution < 1.29 is 4.79 Å². The first kappa shape index (κ1) is 15.8. The van der Waals surface area contributed by atoms with Crippen molar-refractivity contribution in [3.05, 3.63) is 29.3 Å². The van der Waals surface area contributed by atoms with E-state index in [1.807, 2.05) is 39.0 Å². The molecule has 0 saturated heterocycles. The van der Waals surface area contributed by atoms with Gasteiger partial charge in [-0.15, -0.1) is 0 Å². The van der Waals surface area contributed by atoms with E-state index >= 15 is 0 Å². The Morgan fingerprint density at radius 3 is 2.63 bits per heavy atom. The van der Waals surface area contributed by atoms with Crippen molar-refractivity contribution in [1.29, 1.82) is 0 Å². The normalized spacial score (nSPS) is 12.9. The Balaban J connectivity index is 2.57. The molecule has 4 N–H and O–H groups in total. The highest BCUT2D eigenvalue weighted by Gasteiger charge is 2.17. The third-order valence-electron chi connectivity index (χ3n) is 2.43. The van der Waals surface area contributed by atoms with Crippen LogP contribution in [0.1, 0.15) is 27.2 Å². The molecule has 1 aromatic carbocycles. The quantitative estimate of drug-likeness (QED) is 0.777. The number of nitrogens with one attached hydrogen (secondary N) is 2. The first-order chi connectivity index (χ1) is 8.80. The summed E-state index contributed by atoms with van der Waals surface area (Å²) >= 11 is 5.91. The third-order valence-corrected chi connectivity index (χ3v) is 2.66. The van der Waals surface area contributed by atoms with E-state index < -0.39 is 0 Å². The fourth-order valence-corrected chi connectivity index (χ4v) is 1.89. The van der Waals surface area contributed by atoms with Crippen molar-refractivity contribution in [3.8, 4) is 0 Å². The zero-order chi connectivity index (χ0) is 14.5. The van der Waals surface area contributed by atoms with Crippen LogP contribution in [0.4, 0.5) is 5.69 Å². The van der Waals surface area contributed by atoms with Gasteiger partial charge in [0.05, 0.1) is 0 Å². The molecular weight excluding hydrogens is 262 g/mol. The predicted molar refractivity (Wildman–Crippen MR) is 80.4 cm³/mol. The maximum absolute atomic E-state index is 11.9. The molecule has 0 heterocycles. The van der Waals surface area contributed by atoms with Gasteiger partial charge in [0.15, 0.2) is 0 Å². The van der Waals surface area contributed by atoms with Crippen LogP contribution in [0.3, 0.4) is 0 Å². The molecular formula is C14H22ClN3O. The fourth-order valence-electron chi connectivity index (χ4n) is 1.70. The number of rotatable bonds is 5. The van der Waals surface area contributed by atoms with Crippen molar-refractivity contribution in [2.45, 2.75) is 38.8 Å². The molecule has 0 aliphatic carbocycles. The SMILES string of the molecule is CC(C)(C)NC(=O)CC(CN)Nc1cccc(Cl)c1. The lowest BCUT2D eigenvalue weighted by molar-refractivity contribution is -0.122. The summed E-state index contributed by atoms with van der Waals surface area (Å²) in [5.74, 6) is -0.0162. The van der Waals surface area contributed by atoms with E-state index in [2.05, 4.69) is 10.6 Å². The second kappa shape index (κ2) is 6.78. The molecule has 1 atom stereocenters. The van der Waals surface area contributed by atoms with Crippen molar-refractivity contribution in [2.75, 3.05) is 11.9 Å². The average Bonchev–Trinajstić information content (AvgIpc) is 2.25. The number of benzene rings is 1. The van der Waals surface area contributed by atoms with Crippen LogP contribution in [-0.2, 0) is 4.79 Å². The summed E-state index contributed by atoms with van der Waals surface area (Å²) in [5.41, 5.74) is 6.33. The van der Waals surface area contributed by atoms with Crippen LogP contribution in [0.15, 0.2) is 24.3 Å². The maximum Gasteiger partial charge on any atom is 0.222 e. The van der Waals surface area contributed by atoms with Gasteiger partial charge in [-0.05, 0) is 39.0 Å². The van der Waals surface area contributed by atoms with Gasteiger partial charge in [-0.2, -0.15) is 0 Å². The molecule has 0 saturated carbocycles. The number of nitrogens with two attached hydrogens (primary N) is 1. The van der Waals surface area contributed by atoms with Crippen LogP contribution in [0, 0.1) is 0 Å². The Morgan fingerprint density at radius 1 is 1.42 bits per heavy atom. The number of amides is 1. The summed E-state index contributed by atoms with van der Waals surface area (Å²) < 4.78 is 0. The first-order valence-corrected chi connectivity index (χ1v) is 6.71. The molecule has 1 aromatic rings. The highest BCUT2D eigenvalue weighted by atomic mass is 35.5. The number of carbonyl (C=O) groups is 1. The van der Waals surface area contributed by atoms with Gasteiger partial charge < -0.3 is 16.4 Å². The smallest absolute Gasteiger partial charge is 0.222 e. The zero-order valence-corrected chi connectivity index (χ0v) is 12.4. The van der Waals surface area contributed by atoms with Gasteiger partial charge in [0.1, 0.15) is 0 Å². The number of hydrogen-bond acceptors (Lipinski definition) is 3. The van der Waals surface area contributed by atoms with E-state index in [0.29, 0.717) is 18.0 Å². The molecule has 5 heteroatoms. The van der Waals surface area contributed by atoms with Gasteiger partial charge in [-0.1, -0.05) is 17.7 Å². The highest BCUT2D eigenvalue weighted by Crippen LogP contribution is 2.16. The van der Waals surface area contributed by atoms with Crippen LogP contribution in [0.2, 0.25) is 5.02 Å². The topological polar surface area (TPSA) is 67.2 Å². The van der Waals surface area contributed by atoms with Gasteiger partial charge in [-0.3, -0.25) is 4.79 Å². The second-order valence-electron chi connectivity index (χ2n) is 5.59. The molecule has 0 aromatic heterocycles. The lowest BCUT2D eigenvalue weighted by Crippen LogP contribution is -2.44. The van der Waals surface area contributed by atoms with Crippen LogP contribution < -0.4 is 16.4 Å².